The summed E-state index contributed by atoms with van der Waals surface area (Å²) in [5.41, 5.74) is 3.38. The van der Waals surface area contributed by atoms with Crippen molar-refractivity contribution in [3.8, 4) is 5.75 Å². The molecule has 1 N–H and O–H groups in total. The molecule has 0 radical (unpaired) electrons. The van der Waals surface area contributed by atoms with E-state index in [2.05, 4.69) is 17.4 Å². The van der Waals surface area contributed by atoms with Crippen LogP contribution in [0.3, 0.4) is 0 Å². The van der Waals surface area contributed by atoms with Gasteiger partial charge in [0.05, 0.1) is 6.04 Å². The Morgan fingerprint density at radius 2 is 1.40 bits per heavy atom. The lowest BCUT2D eigenvalue weighted by Gasteiger charge is -2.17. The van der Waals surface area contributed by atoms with Crippen LogP contribution in [0.4, 0.5) is 0 Å². The first-order valence-electron chi connectivity index (χ1n) is 8.35. The number of nitrogens with one attached hydrogen (secondary N) is 1. The number of hydrogen-bond donors (Lipinski definition) is 1. The van der Waals surface area contributed by atoms with Crippen LogP contribution in [0.15, 0.2) is 84.9 Å². The van der Waals surface area contributed by atoms with Gasteiger partial charge in [-0.25, -0.2) is 0 Å². The quantitative estimate of drug-likeness (QED) is 0.625. The van der Waals surface area contributed by atoms with E-state index in [0.29, 0.717) is 6.61 Å². The van der Waals surface area contributed by atoms with Gasteiger partial charge in [0.2, 0.25) is 6.41 Å². The van der Waals surface area contributed by atoms with Crippen molar-refractivity contribution in [3.63, 3.8) is 0 Å². The smallest absolute Gasteiger partial charge is 0.207 e. The molecule has 0 fully saturated rings. The summed E-state index contributed by atoms with van der Waals surface area (Å²) in [7, 11) is 0. The molecule has 0 aliphatic rings. The van der Waals surface area contributed by atoms with Gasteiger partial charge in [0.25, 0.3) is 0 Å². The van der Waals surface area contributed by atoms with Gasteiger partial charge < -0.3 is 10.1 Å². The van der Waals surface area contributed by atoms with Gasteiger partial charge in [-0.2, -0.15) is 0 Å². The van der Waals surface area contributed by atoms with E-state index in [9.17, 15) is 4.79 Å². The predicted octanol–water partition coefficient (Wildman–Crippen LogP) is 4.30. The first-order valence-corrected chi connectivity index (χ1v) is 8.35. The van der Waals surface area contributed by atoms with E-state index in [-0.39, 0.29) is 6.04 Å². The lowest BCUT2D eigenvalue weighted by Crippen LogP contribution is -2.21. The fourth-order valence-corrected chi connectivity index (χ4v) is 2.74. The largest absolute Gasteiger partial charge is 0.489 e. The molecule has 1 atom stereocenters. The number of hydrogen-bond acceptors (Lipinski definition) is 2. The van der Waals surface area contributed by atoms with Crippen molar-refractivity contribution in [2.45, 2.75) is 19.1 Å². The van der Waals surface area contributed by atoms with Gasteiger partial charge in [-0.3, -0.25) is 4.79 Å². The first-order chi connectivity index (χ1) is 12.3. The minimum atomic E-state index is -0.0527. The topological polar surface area (TPSA) is 38.3 Å². The van der Waals surface area contributed by atoms with Crippen LogP contribution < -0.4 is 10.1 Å². The summed E-state index contributed by atoms with van der Waals surface area (Å²) in [5.74, 6) is 0.817. The summed E-state index contributed by atoms with van der Waals surface area (Å²) in [4.78, 5) is 11.0. The fourth-order valence-electron chi connectivity index (χ4n) is 2.74. The maximum Gasteiger partial charge on any atom is 0.207 e. The van der Waals surface area contributed by atoms with E-state index in [4.69, 9.17) is 4.74 Å². The third-order valence-corrected chi connectivity index (χ3v) is 4.08. The molecule has 0 aliphatic carbocycles. The zero-order chi connectivity index (χ0) is 17.3. The van der Waals surface area contributed by atoms with Crippen molar-refractivity contribution in [1.82, 2.24) is 5.32 Å². The molecule has 3 aromatic carbocycles. The molecule has 126 valence electrons. The van der Waals surface area contributed by atoms with Crippen LogP contribution in [-0.2, 0) is 17.8 Å². The molecule has 3 heteroatoms. The van der Waals surface area contributed by atoms with Gasteiger partial charge in [0.1, 0.15) is 12.4 Å². The van der Waals surface area contributed by atoms with Gasteiger partial charge in [-0.1, -0.05) is 72.8 Å². The molecule has 0 aromatic heterocycles. The highest BCUT2D eigenvalue weighted by Crippen LogP contribution is 2.21. The average molecular weight is 331 g/mol. The number of amides is 1. The second kappa shape index (κ2) is 8.69. The zero-order valence-electron chi connectivity index (χ0n) is 14.0. The summed E-state index contributed by atoms with van der Waals surface area (Å²) in [6, 6.07) is 28.1. The summed E-state index contributed by atoms with van der Waals surface area (Å²) in [6.45, 7) is 0.542. The standard InChI is InChI=1S/C22H21NO2/c24-17-23-22(15-18-7-3-1-4-8-18)20-11-13-21(14-12-20)25-16-19-9-5-2-6-10-19/h1-14,17,22H,15-16H2,(H,23,24)/t22-/m0/s1. The number of ether oxygens (including phenoxy) is 1. The Bertz CT molecular complexity index is 770. The van der Waals surface area contributed by atoms with Crippen molar-refractivity contribution >= 4 is 6.41 Å². The molecular weight excluding hydrogens is 310 g/mol. The van der Waals surface area contributed by atoms with Crippen LogP contribution in [0.1, 0.15) is 22.7 Å². The minimum Gasteiger partial charge on any atom is -0.489 e. The van der Waals surface area contributed by atoms with Crippen LogP contribution in [0.2, 0.25) is 0 Å². The maximum absolute atomic E-state index is 11.0. The number of rotatable bonds is 8. The van der Waals surface area contributed by atoms with Crippen molar-refractivity contribution < 1.29 is 9.53 Å². The molecule has 0 spiro atoms. The summed E-state index contributed by atoms with van der Waals surface area (Å²) in [5, 5.41) is 2.90. The lowest BCUT2D eigenvalue weighted by atomic mass is 9.99. The summed E-state index contributed by atoms with van der Waals surface area (Å²) in [6.07, 6.45) is 1.51. The Hall–Kier alpha value is -3.07. The molecule has 1 amide bonds. The Morgan fingerprint density at radius 1 is 0.800 bits per heavy atom. The Labute approximate surface area is 148 Å². The molecule has 0 saturated heterocycles. The molecule has 3 nitrogen and oxygen atoms in total. The van der Waals surface area contributed by atoms with E-state index in [1.807, 2.05) is 72.8 Å². The normalized spacial score (nSPS) is 11.5. The Kier molecular flexibility index (Phi) is 5.83. The van der Waals surface area contributed by atoms with Crippen molar-refractivity contribution in [3.05, 3.63) is 102 Å². The number of carbonyl (C=O) groups is 1. The van der Waals surface area contributed by atoms with Crippen molar-refractivity contribution in [2.75, 3.05) is 0 Å². The van der Waals surface area contributed by atoms with E-state index >= 15 is 0 Å². The number of benzene rings is 3. The van der Waals surface area contributed by atoms with E-state index in [1.165, 1.54) is 5.56 Å². The molecule has 3 aromatic rings. The minimum absolute atomic E-state index is 0.0527. The van der Waals surface area contributed by atoms with Crippen molar-refractivity contribution in [2.24, 2.45) is 0 Å². The van der Waals surface area contributed by atoms with Gasteiger partial charge in [-0.05, 0) is 35.2 Å². The molecule has 0 bridgehead atoms. The second-order valence-corrected chi connectivity index (χ2v) is 5.87. The number of carbonyl (C=O) groups excluding carboxylic acids is 1. The first kappa shape index (κ1) is 16.8. The van der Waals surface area contributed by atoms with E-state index in [1.54, 1.807) is 0 Å². The molecule has 3 rings (SSSR count). The third kappa shape index (κ3) is 4.95. The molecule has 0 saturated carbocycles. The fraction of sp³-hybridized carbons (Fsp3) is 0.136. The summed E-state index contributed by atoms with van der Waals surface area (Å²) >= 11 is 0. The highest BCUT2D eigenvalue weighted by Gasteiger charge is 2.11. The van der Waals surface area contributed by atoms with E-state index in [0.717, 1.165) is 29.7 Å². The third-order valence-electron chi connectivity index (χ3n) is 4.08. The highest BCUT2D eigenvalue weighted by molar-refractivity contribution is 5.48. The molecule has 0 aliphatic heterocycles. The van der Waals surface area contributed by atoms with Gasteiger partial charge in [-0.15, -0.1) is 0 Å². The van der Waals surface area contributed by atoms with Crippen LogP contribution in [0.25, 0.3) is 0 Å². The van der Waals surface area contributed by atoms with Crippen LogP contribution >= 0.6 is 0 Å². The van der Waals surface area contributed by atoms with Crippen molar-refractivity contribution in [1.29, 1.82) is 0 Å². The molecular formula is C22H21NO2. The SMILES string of the molecule is O=CN[C@@H](Cc1ccccc1)c1ccc(OCc2ccccc2)cc1. The maximum atomic E-state index is 11.0. The Morgan fingerprint density at radius 3 is 2.00 bits per heavy atom. The predicted molar refractivity (Wildman–Crippen MR) is 99.3 cm³/mol. The van der Waals surface area contributed by atoms with Gasteiger partial charge in [0, 0.05) is 0 Å². The summed E-state index contributed by atoms with van der Waals surface area (Å²) < 4.78 is 5.82. The van der Waals surface area contributed by atoms with E-state index < -0.39 is 0 Å². The highest BCUT2D eigenvalue weighted by atomic mass is 16.5. The monoisotopic (exact) mass is 331 g/mol. The zero-order valence-corrected chi connectivity index (χ0v) is 14.0. The van der Waals surface area contributed by atoms with Gasteiger partial charge in [0.15, 0.2) is 0 Å². The van der Waals surface area contributed by atoms with Gasteiger partial charge >= 0.3 is 0 Å². The van der Waals surface area contributed by atoms with Crippen LogP contribution in [0, 0.1) is 0 Å². The second-order valence-electron chi connectivity index (χ2n) is 5.87. The van der Waals surface area contributed by atoms with Crippen LogP contribution in [0.5, 0.6) is 5.75 Å². The average Bonchev–Trinajstić information content (AvgIpc) is 2.68. The molecule has 0 unspecified atom stereocenters. The molecule has 25 heavy (non-hydrogen) atoms. The Balaban J connectivity index is 1.65. The van der Waals surface area contributed by atoms with Crippen LogP contribution in [-0.4, -0.2) is 6.41 Å². The molecule has 0 heterocycles. The lowest BCUT2D eigenvalue weighted by molar-refractivity contribution is -0.110.